The number of benzene rings is 2. The first-order valence-corrected chi connectivity index (χ1v) is 6.61. The molecule has 0 saturated carbocycles. The zero-order valence-electron chi connectivity index (χ0n) is 11.6. The SMILES string of the molecule is N#Cc1ccc(C(C#N)CCOc2ccc(F)c(F)c2)cc1. The van der Waals surface area contributed by atoms with Gasteiger partial charge < -0.3 is 4.74 Å². The van der Waals surface area contributed by atoms with Crippen LogP contribution < -0.4 is 4.74 Å². The summed E-state index contributed by atoms with van der Waals surface area (Å²) in [5, 5.41) is 17.9. The largest absolute Gasteiger partial charge is 0.493 e. The Kier molecular flexibility index (Phi) is 5.06. The van der Waals surface area contributed by atoms with Gasteiger partial charge in [0.05, 0.1) is 30.2 Å². The topological polar surface area (TPSA) is 56.8 Å². The Morgan fingerprint density at radius 2 is 1.73 bits per heavy atom. The Morgan fingerprint density at radius 1 is 1.00 bits per heavy atom. The molecule has 110 valence electrons. The Bertz CT molecular complexity index is 730. The minimum Gasteiger partial charge on any atom is -0.493 e. The summed E-state index contributed by atoms with van der Waals surface area (Å²) in [5.74, 6) is -2.07. The van der Waals surface area contributed by atoms with Crippen molar-refractivity contribution in [3.63, 3.8) is 0 Å². The summed E-state index contributed by atoms with van der Waals surface area (Å²) < 4.78 is 31.2. The van der Waals surface area contributed by atoms with E-state index in [1.54, 1.807) is 24.3 Å². The minimum absolute atomic E-state index is 0.198. The van der Waals surface area contributed by atoms with Crippen molar-refractivity contribution in [2.24, 2.45) is 0 Å². The van der Waals surface area contributed by atoms with Crippen molar-refractivity contribution in [1.29, 1.82) is 10.5 Å². The highest BCUT2D eigenvalue weighted by molar-refractivity contribution is 5.34. The molecule has 0 N–H and O–H groups in total. The van der Waals surface area contributed by atoms with Crippen LogP contribution in [0.2, 0.25) is 0 Å². The average molecular weight is 298 g/mol. The number of nitriles is 2. The molecule has 22 heavy (non-hydrogen) atoms. The summed E-state index contributed by atoms with van der Waals surface area (Å²) in [4.78, 5) is 0. The smallest absolute Gasteiger partial charge is 0.162 e. The van der Waals surface area contributed by atoms with Crippen LogP contribution in [0.25, 0.3) is 0 Å². The minimum atomic E-state index is -0.971. The monoisotopic (exact) mass is 298 g/mol. The fourth-order valence-electron chi connectivity index (χ4n) is 1.96. The van der Waals surface area contributed by atoms with Gasteiger partial charge in [-0.2, -0.15) is 10.5 Å². The molecule has 0 spiro atoms. The average Bonchev–Trinajstić information content (AvgIpc) is 2.55. The number of ether oxygens (including phenoxy) is 1. The van der Waals surface area contributed by atoms with Crippen molar-refractivity contribution >= 4 is 0 Å². The van der Waals surface area contributed by atoms with E-state index in [0.29, 0.717) is 12.0 Å². The van der Waals surface area contributed by atoms with Gasteiger partial charge in [0.1, 0.15) is 5.75 Å². The molecule has 0 radical (unpaired) electrons. The maximum atomic E-state index is 13.0. The molecule has 0 aliphatic carbocycles. The van der Waals surface area contributed by atoms with Gasteiger partial charge >= 0.3 is 0 Å². The summed E-state index contributed by atoms with van der Waals surface area (Å²) in [6.45, 7) is 0.198. The van der Waals surface area contributed by atoms with Crippen LogP contribution in [0.15, 0.2) is 42.5 Å². The molecule has 2 aromatic rings. The van der Waals surface area contributed by atoms with Gasteiger partial charge in [-0.1, -0.05) is 12.1 Å². The Labute approximate surface area is 127 Å². The van der Waals surface area contributed by atoms with Crippen LogP contribution in [0.3, 0.4) is 0 Å². The van der Waals surface area contributed by atoms with Crippen molar-refractivity contribution in [2.75, 3.05) is 6.61 Å². The van der Waals surface area contributed by atoms with Crippen LogP contribution in [0.5, 0.6) is 5.75 Å². The van der Waals surface area contributed by atoms with E-state index >= 15 is 0 Å². The first-order valence-electron chi connectivity index (χ1n) is 6.61. The normalized spacial score (nSPS) is 11.3. The third-order valence-electron chi connectivity index (χ3n) is 3.16. The van der Waals surface area contributed by atoms with Gasteiger partial charge in [0, 0.05) is 12.5 Å². The molecule has 0 aromatic heterocycles. The Morgan fingerprint density at radius 3 is 2.32 bits per heavy atom. The maximum absolute atomic E-state index is 13.0. The molecular formula is C17H12F2N2O. The van der Waals surface area contributed by atoms with Gasteiger partial charge in [-0.3, -0.25) is 0 Å². The lowest BCUT2D eigenvalue weighted by molar-refractivity contribution is 0.303. The molecule has 1 unspecified atom stereocenters. The van der Waals surface area contributed by atoms with Gasteiger partial charge in [0.2, 0.25) is 0 Å². The van der Waals surface area contributed by atoms with Crippen LogP contribution in [-0.4, -0.2) is 6.61 Å². The molecule has 1 atom stereocenters. The molecular weight excluding hydrogens is 286 g/mol. The third kappa shape index (κ3) is 3.80. The van der Waals surface area contributed by atoms with Crippen LogP contribution in [0.1, 0.15) is 23.5 Å². The molecule has 5 heteroatoms. The van der Waals surface area contributed by atoms with Crippen LogP contribution in [-0.2, 0) is 0 Å². The number of halogens is 2. The highest BCUT2D eigenvalue weighted by atomic mass is 19.2. The summed E-state index contributed by atoms with van der Waals surface area (Å²) >= 11 is 0. The lowest BCUT2D eigenvalue weighted by Gasteiger charge is -2.11. The third-order valence-corrected chi connectivity index (χ3v) is 3.16. The van der Waals surface area contributed by atoms with Crippen molar-refractivity contribution in [3.05, 3.63) is 65.2 Å². The van der Waals surface area contributed by atoms with Gasteiger partial charge in [-0.15, -0.1) is 0 Å². The molecule has 2 rings (SSSR count). The quantitative estimate of drug-likeness (QED) is 0.840. The lowest BCUT2D eigenvalue weighted by atomic mass is 9.97. The molecule has 2 aromatic carbocycles. The van der Waals surface area contributed by atoms with Crippen molar-refractivity contribution in [1.82, 2.24) is 0 Å². The zero-order chi connectivity index (χ0) is 15.9. The summed E-state index contributed by atoms with van der Waals surface area (Å²) in [6.07, 6.45) is 0.404. The number of rotatable bonds is 5. The van der Waals surface area contributed by atoms with E-state index in [-0.39, 0.29) is 12.4 Å². The standard InChI is InChI=1S/C17H12F2N2O/c18-16-6-5-15(9-17(16)19)22-8-7-14(11-21)13-3-1-12(10-20)2-4-13/h1-6,9,14H,7-8H2. The zero-order valence-corrected chi connectivity index (χ0v) is 11.6. The van der Waals surface area contributed by atoms with E-state index in [1.165, 1.54) is 6.07 Å². The van der Waals surface area contributed by atoms with Crippen LogP contribution >= 0.6 is 0 Å². The molecule has 0 amide bonds. The lowest BCUT2D eigenvalue weighted by Crippen LogP contribution is -2.05. The molecule has 3 nitrogen and oxygen atoms in total. The second-order valence-corrected chi connectivity index (χ2v) is 4.63. The fourth-order valence-corrected chi connectivity index (χ4v) is 1.96. The summed E-state index contributed by atoms with van der Waals surface area (Å²) in [7, 11) is 0. The highest BCUT2D eigenvalue weighted by Crippen LogP contribution is 2.21. The second-order valence-electron chi connectivity index (χ2n) is 4.63. The van der Waals surface area contributed by atoms with E-state index in [2.05, 4.69) is 6.07 Å². The first-order chi connectivity index (χ1) is 10.6. The molecule has 0 fully saturated rings. The van der Waals surface area contributed by atoms with Gasteiger partial charge in [0.25, 0.3) is 0 Å². The highest BCUT2D eigenvalue weighted by Gasteiger charge is 2.11. The molecule has 0 aliphatic heterocycles. The van der Waals surface area contributed by atoms with Crippen molar-refractivity contribution in [2.45, 2.75) is 12.3 Å². The van der Waals surface area contributed by atoms with E-state index in [1.807, 2.05) is 6.07 Å². The predicted molar refractivity (Wildman–Crippen MR) is 76.0 cm³/mol. The van der Waals surface area contributed by atoms with Crippen LogP contribution in [0, 0.1) is 34.3 Å². The number of hydrogen-bond donors (Lipinski definition) is 0. The molecule has 0 aliphatic rings. The van der Waals surface area contributed by atoms with Gasteiger partial charge in [0.15, 0.2) is 11.6 Å². The first kappa shape index (κ1) is 15.5. The maximum Gasteiger partial charge on any atom is 0.162 e. The Hall–Kier alpha value is -2.92. The second kappa shape index (κ2) is 7.19. The molecule has 0 heterocycles. The number of nitrogens with zero attached hydrogens (tertiary/aromatic N) is 2. The molecule has 0 saturated heterocycles. The van der Waals surface area contributed by atoms with E-state index in [9.17, 15) is 14.0 Å². The summed E-state index contributed by atoms with van der Waals surface area (Å²) in [6, 6.07) is 14.2. The number of hydrogen-bond acceptors (Lipinski definition) is 3. The fraction of sp³-hybridized carbons (Fsp3) is 0.176. The summed E-state index contributed by atoms with van der Waals surface area (Å²) in [5.41, 5.74) is 1.31. The van der Waals surface area contributed by atoms with Gasteiger partial charge in [-0.05, 0) is 29.8 Å². The predicted octanol–water partition coefficient (Wildman–Crippen LogP) is 3.91. The Balaban J connectivity index is 1.95. The van der Waals surface area contributed by atoms with Crippen molar-refractivity contribution < 1.29 is 13.5 Å². The van der Waals surface area contributed by atoms with Gasteiger partial charge in [-0.25, -0.2) is 8.78 Å². The van der Waals surface area contributed by atoms with Crippen molar-refractivity contribution in [3.8, 4) is 17.9 Å². The molecule has 0 bridgehead atoms. The van der Waals surface area contributed by atoms with Crippen LogP contribution in [0.4, 0.5) is 8.78 Å². The van der Waals surface area contributed by atoms with E-state index in [0.717, 1.165) is 17.7 Å². The van der Waals surface area contributed by atoms with E-state index < -0.39 is 17.6 Å². The van der Waals surface area contributed by atoms with E-state index in [4.69, 9.17) is 10.00 Å².